The summed E-state index contributed by atoms with van der Waals surface area (Å²) < 4.78 is 0.975. The number of fused-ring (bicyclic) bond motifs is 11. The van der Waals surface area contributed by atoms with Crippen molar-refractivity contribution < 1.29 is 39.0 Å². The number of aliphatic hydroxyl groups excluding tert-OH is 3. The zero-order valence-corrected chi connectivity index (χ0v) is 33.1. The van der Waals surface area contributed by atoms with E-state index in [9.17, 15) is 24.3 Å². The van der Waals surface area contributed by atoms with Gasteiger partial charge in [0.1, 0.15) is 13.1 Å². The van der Waals surface area contributed by atoms with Crippen LogP contribution in [0.25, 0.3) is 0 Å². The third-order valence-corrected chi connectivity index (χ3v) is 16.2. The van der Waals surface area contributed by atoms with Crippen molar-refractivity contribution >= 4 is 23.6 Å². The number of hydrogen-bond acceptors (Lipinski definition) is 8. The molecule has 0 spiro atoms. The van der Waals surface area contributed by atoms with E-state index in [0.29, 0.717) is 42.1 Å². The van der Waals surface area contributed by atoms with Gasteiger partial charge < -0.3 is 24.7 Å². The highest BCUT2D eigenvalue weighted by Crippen LogP contribution is 2.57. The Kier molecular flexibility index (Phi) is 17.6. The predicted molar refractivity (Wildman–Crippen MR) is 224 cm³/mol. The summed E-state index contributed by atoms with van der Waals surface area (Å²) in [5.74, 6) is 5.16. The predicted octanol–water partition coefficient (Wildman–Crippen LogP) is 5.35. The summed E-state index contributed by atoms with van der Waals surface area (Å²) in [6, 6.07) is 0. The van der Waals surface area contributed by atoms with Crippen molar-refractivity contribution in [3.05, 3.63) is 0 Å². The Morgan fingerprint density at radius 3 is 1.51 bits per heavy atom. The minimum absolute atomic E-state index is 0. The smallest absolute Gasteiger partial charge is 0.233 e. The molecule has 57 heavy (non-hydrogen) atoms. The molecule has 328 valence electrons. The van der Waals surface area contributed by atoms with Crippen molar-refractivity contribution in [2.24, 2.45) is 71.0 Å². The van der Waals surface area contributed by atoms with Crippen molar-refractivity contribution in [2.45, 2.75) is 126 Å². The molecule has 11 heteroatoms. The van der Waals surface area contributed by atoms with E-state index in [0.717, 1.165) is 100 Å². The molecular formula is C46H83N4O7+. The maximum atomic E-state index is 13.1. The first kappa shape index (κ1) is 47.8. The second kappa shape index (κ2) is 21.0. The molecule has 0 aromatic carbocycles. The maximum absolute atomic E-state index is 13.1. The lowest BCUT2D eigenvalue weighted by Gasteiger charge is -2.37. The SMILES string of the molecule is C.C.C.CCCN(CCO)CC1CCCCC1CN1C(=O)C2C3CCC(C3)C2C1=O.O=C1NC(=O)C2C3CCC(C3)C12.OCC[N+]1(CCO)CC2CCCCC2C1. The molecule has 4 N–H and O–H groups in total. The molecule has 9 rings (SSSR count). The summed E-state index contributed by atoms with van der Waals surface area (Å²) in [5.41, 5.74) is 0. The first-order chi connectivity index (χ1) is 26.2. The number of nitrogens with zero attached hydrogens (tertiary/aromatic N) is 3. The third kappa shape index (κ3) is 9.84. The van der Waals surface area contributed by atoms with E-state index in [-0.39, 0.29) is 89.4 Å². The molecule has 0 aromatic heterocycles. The van der Waals surface area contributed by atoms with Gasteiger partial charge in [0.25, 0.3) is 0 Å². The van der Waals surface area contributed by atoms with Crippen LogP contribution in [0.1, 0.15) is 126 Å². The van der Waals surface area contributed by atoms with Gasteiger partial charge in [0.05, 0.1) is 56.6 Å². The number of amides is 4. The van der Waals surface area contributed by atoms with Gasteiger partial charge in [0, 0.05) is 31.5 Å². The second-order valence-electron chi connectivity index (χ2n) is 19.1. The molecule has 0 radical (unpaired) electrons. The van der Waals surface area contributed by atoms with Crippen LogP contribution in [0.5, 0.6) is 0 Å². The van der Waals surface area contributed by atoms with Crippen molar-refractivity contribution in [1.29, 1.82) is 0 Å². The zero-order chi connectivity index (χ0) is 38.0. The summed E-state index contributed by atoms with van der Waals surface area (Å²) in [5, 5.41) is 30.1. The van der Waals surface area contributed by atoms with Crippen molar-refractivity contribution in [3.63, 3.8) is 0 Å². The fourth-order valence-electron chi connectivity index (χ4n) is 13.8. The average Bonchev–Trinajstić information content (AvgIpc) is 4.03. The van der Waals surface area contributed by atoms with Crippen molar-refractivity contribution in [3.8, 4) is 0 Å². The first-order valence-electron chi connectivity index (χ1n) is 22.3. The van der Waals surface area contributed by atoms with Gasteiger partial charge in [0.2, 0.25) is 23.6 Å². The average molecular weight is 804 g/mol. The summed E-state index contributed by atoms with van der Waals surface area (Å²) in [4.78, 5) is 52.8. The van der Waals surface area contributed by atoms with Gasteiger partial charge in [-0.1, -0.05) is 54.9 Å². The topological polar surface area (TPSA) is 147 Å². The highest BCUT2D eigenvalue weighted by molar-refractivity contribution is 6.06. The number of likely N-dealkylation sites (tertiary alicyclic amines) is 2. The van der Waals surface area contributed by atoms with Crippen molar-refractivity contribution in [2.75, 3.05) is 72.2 Å². The molecule has 12 unspecified atom stereocenters. The molecule has 3 heterocycles. The fourth-order valence-corrected chi connectivity index (χ4v) is 13.8. The minimum atomic E-state index is -0.00259. The normalized spacial score (nSPS) is 37.5. The Labute approximate surface area is 345 Å². The van der Waals surface area contributed by atoms with E-state index in [1.165, 1.54) is 58.0 Å². The number of rotatable bonds is 12. The van der Waals surface area contributed by atoms with Crippen LogP contribution in [0.2, 0.25) is 0 Å². The molecule has 3 saturated heterocycles. The van der Waals surface area contributed by atoms with Gasteiger partial charge in [-0.3, -0.25) is 29.4 Å². The molecule has 3 aliphatic heterocycles. The molecule has 0 aromatic rings. The largest absolute Gasteiger partial charge is 0.395 e. The summed E-state index contributed by atoms with van der Waals surface area (Å²) in [6.45, 7) is 10.4. The van der Waals surface area contributed by atoms with Gasteiger partial charge >= 0.3 is 0 Å². The summed E-state index contributed by atoms with van der Waals surface area (Å²) >= 11 is 0. The molecule has 6 aliphatic carbocycles. The van der Waals surface area contributed by atoms with Crippen LogP contribution in [0.15, 0.2) is 0 Å². The number of aliphatic hydroxyl groups is 3. The van der Waals surface area contributed by atoms with Crippen LogP contribution in [-0.4, -0.2) is 125 Å². The van der Waals surface area contributed by atoms with Crippen molar-refractivity contribution in [1.82, 2.24) is 15.1 Å². The van der Waals surface area contributed by atoms with E-state index in [2.05, 4.69) is 17.1 Å². The Hall–Kier alpha value is -1.92. The van der Waals surface area contributed by atoms with E-state index in [1.54, 1.807) is 4.90 Å². The lowest BCUT2D eigenvalue weighted by Crippen LogP contribution is -2.50. The van der Waals surface area contributed by atoms with Crippen LogP contribution in [0.4, 0.5) is 0 Å². The van der Waals surface area contributed by atoms with Crippen LogP contribution < -0.4 is 5.32 Å². The lowest BCUT2D eigenvalue weighted by atomic mass is 9.78. The molecule has 4 bridgehead atoms. The Morgan fingerprint density at radius 1 is 0.596 bits per heavy atom. The molecule has 9 aliphatic rings. The highest BCUT2D eigenvalue weighted by Gasteiger charge is 2.61. The third-order valence-electron chi connectivity index (χ3n) is 16.2. The Balaban J connectivity index is 0.000000203. The number of imide groups is 2. The van der Waals surface area contributed by atoms with Crippen LogP contribution >= 0.6 is 0 Å². The second-order valence-corrected chi connectivity index (χ2v) is 19.1. The van der Waals surface area contributed by atoms with Gasteiger partial charge in [-0.2, -0.15) is 0 Å². The quantitative estimate of drug-likeness (QED) is 0.153. The van der Waals surface area contributed by atoms with Crippen LogP contribution in [0, 0.1) is 71.0 Å². The first-order valence-corrected chi connectivity index (χ1v) is 22.3. The molecule has 4 amide bonds. The number of carbonyl (C=O) groups is 4. The number of carbonyl (C=O) groups excluding carboxylic acids is 4. The van der Waals surface area contributed by atoms with Crippen LogP contribution in [0.3, 0.4) is 0 Å². The van der Waals surface area contributed by atoms with Crippen LogP contribution in [-0.2, 0) is 19.2 Å². The monoisotopic (exact) mass is 804 g/mol. The van der Waals surface area contributed by atoms with Gasteiger partial charge in [0.15, 0.2) is 0 Å². The van der Waals surface area contributed by atoms with E-state index in [4.69, 9.17) is 10.2 Å². The zero-order valence-electron chi connectivity index (χ0n) is 33.1. The number of hydrogen-bond donors (Lipinski definition) is 4. The molecule has 12 atom stereocenters. The van der Waals surface area contributed by atoms with Gasteiger partial charge in [-0.25, -0.2) is 0 Å². The fraction of sp³-hybridized carbons (Fsp3) is 0.913. The summed E-state index contributed by atoms with van der Waals surface area (Å²) in [7, 11) is 0. The van der Waals surface area contributed by atoms with E-state index >= 15 is 0 Å². The lowest BCUT2D eigenvalue weighted by molar-refractivity contribution is -0.919. The number of nitrogens with one attached hydrogen (secondary N) is 1. The standard InChI is InChI=1S/C22H36N2O3.C12H24NO2.C9H11NO2.3CH4/c1-2-9-23(10-11-25)13-17-5-3-4-6-18(17)14-24-21(26)19-15-7-8-16(12-15)20(19)22(24)27;14-7-5-13(6-8-15)9-11-3-1-2-4-12(11)10-13;11-8-6-4-1-2-5(3-4)7(6)9(12)10-8;;;/h15-20,25H,2-14H2,1H3;11-12,14-15H,1-10H2;4-7H,1-3H2,(H,10,11,12);3*1H4/q;+1;;;;. The maximum Gasteiger partial charge on any atom is 0.233 e. The molecule has 6 saturated carbocycles. The molecule has 9 fully saturated rings. The molecule has 11 nitrogen and oxygen atoms in total. The molecular weight excluding hydrogens is 721 g/mol. The highest BCUT2D eigenvalue weighted by atomic mass is 16.3. The van der Waals surface area contributed by atoms with E-state index < -0.39 is 0 Å². The van der Waals surface area contributed by atoms with Gasteiger partial charge in [-0.05, 0) is 113 Å². The number of quaternary nitrogens is 1. The Bertz CT molecular complexity index is 1260. The Morgan fingerprint density at radius 2 is 1.05 bits per heavy atom. The minimum Gasteiger partial charge on any atom is -0.395 e. The summed E-state index contributed by atoms with van der Waals surface area (Å²) in [6.07, 6.45) is 18.2. The van der Waals surface area contributed by atoms with Gasteiger partial charge in [-0.15, -0.1) is 0 Å². The van der Waals surface area contributed by atoms with E-state index in [1.807, 2.05) is 0 Å².